The summed E-state index contributed by atoms with van der Waals surface area (Å²) in [6, 6.07) is 23.3. The van der Waals surface area contributed by atoms with Gasteiger partial charge in [-0.3, -0.25) is 14.6 Å². The van der Waals surface area contributed by atoms with Gasteiger partial charge in [0.15, 0.2) is 0 Å². The highest BCUT2D eigenvalue weighted by molar-refractivity contribution is 8.01. The van der Waals surface area contributed by atoms with E-state index < -0.39 is 21.4 Å². The van der Waals surface area contributed by atoms with Crippen LogP contribution in [0.3, 0.4) is 0 Å². The Labute approximate surface area is 271 Å². The van der Waals surface area contributed by atoms with Crippen molar-refractivity contribution in [3.63, 3.8) is 0 Å². The Morgan fingerprint density at radius 2 is 1.44 bits per heavy atom. The molecule has 9 heteroatoms. The van der Waals surface area contributed by atoms with Crippen LogP contribution in [0.1, 0.15) is 33.3 Å². The highest BCUT2D eigenvalue weighted by atomic mass is 32.2. The molecule has 2 heterocycles. The number of aryl methyl sites for hydroxylation is 1. The van der Waals surface area contributed by atoms with Crippen LogP contribution >= 0.6 is 23.5 Å². The number of carboxylic acid groups (broad SMARTS) is 1. The van der Waals surface area contributed by atoms with Crippen molar-refractivity contribution in [2.45, 2.75) is 53.9 Å². The summed E-state index contributed by atoms with van der Waals surface area (Å²) in [5.74, 6) is -0.573. The molecule has 1 N–H and O–H groups in total. The number of carbonyl (C=O) groups excluding carboxylic acids is 1. The van der Waals surface area contributed by atoms with Crippen LogP contribution in [0.2, 0.25) is 0 Å². The smallest absolute Gasteiger partial charge is 0.328 e. The third-order valence-electron chi connectivity index (χ3n) is 7.40. The van der Waals surface area contributed by atoms with Crippen LogP contribution in [0.25, 0.3) is 33.0 Å². The predicted octanol–water partition coefficient (Wildman–Crippen LogP) is 8.71. The molecule has 0 saturated heterocycles. The minimum Gasteiger partial charge on any atom is -0.497 e. The molecule has 0 fully saturated rings. The maximum atomic E-state index is 14.0. The summed E-state index contributed by atoms with van der Waals surface area (Å²) in [7, 11) is 1.62. The number of hydrogen-bond acceptors (Lipinski definition) is 8. The third kappa shape index (κ3) is 6.84. The van der Waals surface area contributed by atoms with Crippen LogP contribution in [0.15, 0.2) is 101 Å². The lowest BCUT2D eigenvalue weighted by molar-refractivity contribution is -0.139. The molecule has 0 aliphatic rings. The van der Waals surface area contributed by atoms with Crippen LogP contribution in [-0.4, -0.2) is 43.6 Å². The lowest BCUT2D eigenvalue weighted by Gasteiger charge is -2.25. The average Bonchev–Trinajstić information content (AvgIpc) is 3.02. The second-order valence-electron chi connectivity index (χ2n) is 11.5. The molecule has 7 nitrogen and oxygen atoms in total. The van der Waals surface area contributed by atoms with Crippen molar-refractivity contribution in [2.24, 2.45) is 0 Å². The summed E-state index contributed by atoms with van der Waals surface area (Å²) < 4.78 is 9.27. The summed E-state index contributed by atoms with van der Waals surface area (Å²) in [5.41, 5.74) is 4.29. The number of fused-ring (bicyclic) bond motifs is 1. The average molecular weight is 639 g/mol. The molecule has 0 radical (unpaired) electrons. The van der Waals surface area contributed by atoms with Crippen molar-refractivity contribution >= 4 is 46.2 Å². The number of thioether (sulfide) groups is 2. The Morgan fingerprint density at radius 1 is 0.778 bits per heavy atom. The zero-order chi connectivity index (χ0) is 32.4. The summed E-state index contributed by atoms with van der Waals surface area (Å²) in [5, 5.41) is 11.9. The lowest BCUT2D eigenvalue weighted by atomic mass is 9.96. The van der Waals surface area contributed by atoms with Crippen LogP contribution < -0.4 is 9.47 Å². The molecule has 0 amide bonds. The van der Waals surface area contributed by atoms with E-state index in [0.29, 0.717) is 10.5 Å². The van der Waals surface area contributed by atoms with Crippen LogP contribution in [-0.2, 0) is 9.59 Å². The number of carboxylic acids is 1. The number of aliphatic carboxylic acids is 1. The second kappa shape index (κ2) is 12.9. The third-order valence-corrected chi connectivity index (χ3v) is 9.90. The highest BCUT2D eigenvalue weighted by Crippen LogP contribution is 2.46. The quantitative estimate of drug-likeness (QED) is 0.119. The first-order valence-electron chi connectivity index (χ1n) is 14.3. The molecule has 0 saturated carbocycles. The molecule has 0 bridgehead atoms. The number of ether oxygens (including phenoxy) is 2. The second-order valence-corrected chi connectivity index (χ2v) is 14.8. The normalized spacial score (nSPS) is 11.8. The minimum absolute atomic E-state index is 0.124. The number of carbonyl (C=O) groups is 2. The molecule has 5 aromatic rings. The number of pyridine rings is 2. The minimum atomic E-state index is -1.15. The van der Waals surface area contributed by atoms with Crippen molar-refractivity contribution in [1.29, 1.82) is 0 Å². The molecule has 230 valence electrons. The first-order chi connectivity index (χ1) is 21.4. The van der Waals surface area contributed by atoms with E-state index >= 15 is 0 Å². The molecule has 0 atom stereocenters. The van der Waals surface area contributed by atoms with Gasteiger partial charge in [-0.15, -0.1) is 23.5 Å². The number of methoxy groups -OCH3 is 1. The molecular weight excluding hydrogens is 605 g/mol. The fraction of sp³-hybridized carbons (Fsp3) is 0.222. The number of benzene rings is 3. The van der Waals surface area contributed by atoms with Gasteiger partial charge in [0.25, 0.3) is 0 Å². The van der Waals surface area contributed by atoms with Gasteiger partial charge in [-0.05, 0) is 86.3 Å². The Kier molecular flexibility index (Phi) is 9.23. The van der Waals surface area contributed by atoms with Crippen LogP contribution in [0.4, 0.5) is 0 Å². The molecule has 0 aliphatic carbocycles. The van der Waals surface area contributed by atoms with Crippen LogP contribution in [0, 0.1) is 6.92 Å². The van der Waals surface area contributed by atoms with Crippen molar-refractivity contribution in [3.05, 3.63) is 97.0 Å². The van der Waals surface area contributed by atoms with Crippen LogP contribution in [0.5, 0.6) is 11.6 Å². The lowest BCUT2D eigenvalue weighted by Crippen LogP contribution is -2.33. The van der Waals surface area contributed by atoms with Crippen molar-refractivity contribution in [2.75, 3.05) is 7.11 Å². The van der Waals surface area contributed by atoms with Crippen molar-refractivity contribution in [1.82, 2.24) is 9.97 Å². The largest absolute Gasteiger partial charge is 0.497 e. The molecule has 0 aliphatic heterocycles. The Morgan fingerprint density at radius 3 is 2.13 bits per heavy atom. The summed E-state index contributed by atoms with van der Waals surface area (Å²) >= 11 is 2.56. The highest BCUT2D eigenvalue weighted by Gasteiger charge is 2.35. The summed E-state index contributed by atoms with van der Waals surface area (Å²) in [6.45, 7) is 8.96. The van der Waals surface area contributed by atoms with Gasteiger partial charge in [0.05, 0.1) is 12.7 Å². The van der Waals surface area contributed by atoms with E-state index in [4.69, 9.17) is 9.47 Å². The topological polar surface area (TPSA) is 98.6 Å². The van der Waals surface area contributed by atoms with Gasteiger partial charge >= 0.3 is 11.9 Å². The first-order valence-corrected chi connectivity index (χ1v) is 15.9. The maximum absolute atomic E-state index is 14.0. The van der Waals surface area contributed by atoms with Gasteiger partial charge in [-0.25, -0.2) is 4.98 Å². The molecular formula is C36H34N2O5S2. The van der Waals surface area contributed by atoms with E-state index in [1.807, 2.05) is 87.5 Å². The standard InChI is InChI=1S/C36H34N2O5S2/c1-22-11-16-27(26-10-8-7-9-25(22)26)31-30(45-35(2,3)33(39)40)18-20-38-32(31)43-34(41)36(4,5)44-29-17-19-37-21-28(29)23-12-14-24(42-6)15-13-23/h7-21H,1-6H3,(H,39,40). The fourth-order valence-electron chi connectivity index (χ4n) is 4.81. The van der Waals surface area contributed by atoms with Crippen molar-refractivity contribution in [3.8, 4) is 33.9 Å². The molecule has 0 spiro atoms. The van der Waals surface area contributed by atoms with E-state index in [0.717, 1.165) is 43.7 Å². The number of hydrogen-bond donors (Lipinski definition) is 1. The number of rotatable bonds is 10. The molecule has 5 rings (SSSR count). The van der Waals surface area contributed by atoms with Gasteiger partial charge in [-0.1, -0.05) is 48.5 Å². The van der Waals surface area contributed by atoms with E-state index in [1.165, 1.54) is 23.5 Å². The molecule has 2 aromatic heterocycles. The van der Waals surface area contributed by atoms with Crippen molar-refractivity contribution < 1.29 is 24.2 Å². The Balaban J connectivity index is 1.55. The maximum Gasteiger partial charge on any atom is 0.328 e. The van der Waals surface area contributed by atoms with Gasteiger partial charge in [-0.2, -0.15) is 0 Å². The van der Waals surface area contributed by atoms with Gasteiger partial charge in [0, 0.05) is 33.9 Å². The zero-order valence-corrected chi connectivity index (χ0v) is 27.6. The molecule has 45 heavy (non-hydrogen) atoms. The molecule has 3 aromatic carbocycles. The zero-order valence-electron chi connectivity index (χ0n) is 26.0. The number of aromatic nitrogens is 2. The molecule has 0 unspecified atom stereocenters. The number of nitrogens with zero attached hydrogens (tertiary/aromatic N) is 2. The van der Waals surface area contributed by atoms with Gasteiger partial charge in [0.2, 0.25) is 5.88 Å². The SMILES string of the molecule is COc1ccc(-c2cnccc2SC(C)(C)C(=O)Oc2nccc(SC(C)(C)C(=O)O)c2-c2ccc(C)c3ccccc23)cc1. The van der Waals surface area contributed by atoms with Gasteiger partial charge < -0.3 is 14.6 Å². The van der Waals surface area contributed by atoms with E-state index in [1.54, 1.807) is 45.6 Å². The monoisotopic (exact) mass is 638 g/mol. The Bertz CT molecular complexity index is 1890. The summed E-state index contributed by atoms with van der Waals surface area (Å²) in [6.07, 6.45) is 5.02. The van der Waals surface area contributed by atoms with E-state index in [-0.39, 0.29) is 5.88 Å². The van der Waals surface area contributed by atoms with E-state index in [2.05, 4.69) is 9.97 Å². The fourth-order valence-corrected chi connectivity index (χ4v) is 6.96. The Hall–Kier alpha value is -4.34. The van der Waals surface area contributed by atoms with Gasteiger partial charge in [0.1, 0.15) is 15.2 Å². The first kappa shape index (κ1) is 32.1. The number of esters is 1. The summed E-state index contributed by atoms with van der Waals surface area (Å²) in [4.78, 5) is 36.4. The van der Waals surface area contributed by atoms with E-state index in [9.17, 15) is 14.7 Å². The predicted molar refractivity (Wildman–Crippen MR) is 181 cm³/mol.